The highest BCUT2D eigenvalue weighted by molar-refractivity contribution is 6.31. The van der Waals surface area contributed by atoms with Gasteiger partial charge in [-0.25, -0.2) is 0 Å². The van der Waals surface area contributed by atoms with E-state index in [0.29, 0.717) is 22.0 Å². The van der Waals surface area contributed by atoms with Crippen molar-refractivity contribution >= 4 is 29.2 Å². The Morgan fingerprint density at radius 1 is 1.12 bits per heavy atom. The van der Waals surface area contributed by atoms with E-state index < -0.39 is 18.0 Å². The van der Waals surface area contributed by atoms with Gasteiger partial charge in [0.05, 0.1) is 13.5 Å². The van der Waals surface area contributed by atoms with E-state index >= 15 is 0 Å². The summed E-state index contributed by atoms with van der Waals surface area (Å²) in [6.45, 7) is 1.52. The van der Waals surface area contributed by atoms with Crippen LogP contribution in [0.3, 0.4) is 0 Å². The van der Waals surface area contributed by atoms with Gasteiger partial charge >= 0.3 is 5.97 Å². The van der Waals surface area contributed by atoms with Crippen LogP contribution in [0.5, 0.6) is 5.75 Å². The number of ether oxygens (including phenoxy) is 2. The van der Waals surface area contributed by atoms with Gasteiger partial charge in [0.2, 0.25) is 0 Å². The van der Waals surface area contributed by atoms with Gasteiger partial charge in [-0.3, -0.25) is 9.59 Å². The lowest BCUT2D eigenvalue weighted by Gasteiger charge is -2.14. The zero-order chi connectivity index (χ0) is 17.5. The molecule has 24 heavy (non-hydrogen) atoms. The number of methoxy groups -OCH3 is 1. The van der Waals surface area contributed by atoms with Gasteiger partial charge in [0, 0.05) is 10.7 Å². The molecule has 0 fully saturated rings. The minimum absolute atomic E-state index is 0.0137. The molecule has 1 N–H and O–H groups in total. The summed E-state index contributed by atoms with van der Waals surface area (Å²) in [5.41, 5.74) is 1.25. The maximum Gasteiger partial charge on any atom is 0.311 e. The van der Waals surface area contributed by atoms with Crippen LogP contribution < -0.4 is 10.1 Å². The molecule has 6 heteroatoms. The van der Waals surface area contributed by atoms with Gasteiger partial charge < -0.3 is 14.8 Å². The SMILES string of the molecule is COc1ccc(NC(=O)[C@@H](C)OC(=O)Cc2ccccc2Cl)cc1. The lowest BCUT2D eigenvalue weighted by atomic mass is 10.1. The smallest absolute Gasteiger partial charge is 0.311 e. The van der Waals surface area contributed by atoms with Crippen LogP contribution in [-0.4, -0.2) is 25.1 Å². The molecule has 0 saturated heterocycles. The number of hydrogen-bond acceptors (Lipinski definition) is 4. The number of halogens is 1. The van der Waals surface area contributed by atoms with E-state index in [2.05, 4.69) is 5.32 Å². The normalized spacial score (nSPS) is 11.5. The average molecular weight is 348 g/mol. The molecule has 0 bridgehead atoms. The Balaban J connectivity index is 1.88. The van der Waals surface area contributed by atoms with Gasteiger partial charge in [0.25, 0.3) is 5.91 Å². The fourth-order valence-electron chi connectivity index (χ4n) is 2.01. The minimum atomic E-state index is -0.915. The first-order valence-corrected chi connectivity index (χ1v) is 7.75. The Bertz CT molecular complexity index is 715. The summed E-state index contributed by atoms with van der Waals surface area (Å²) in [6.07, 6.45) is -0.901. The number of carbonyl (C=O) groups is 2. The number of esters is 1. The van der Waals surface area contributed by atoms with E-state index in [1.165, 1.54) is 6.92 Å². The predicted molar refractivity (Wildman–Crippen MR) is 92.3 cm³/mol. The molecule has 0 unspecified atom stereocenters. The molecule has 126 valence electrons. The fraction of sp³-hybridized carbons (Fsp3) is 0.222. The van der Waals surface area contributed by atoms with Crippen molar-refractivity contribution in [3.05, 3.63) is 59.1 Å². The molecular formula is C18H18ClNO4. The summed E-state index contributed by atoms with van der Waals surface area (Å²) in [7, 11) is 1.56. The summed E-state index contributed by atoms with van der Waals surface area (Å²) in [5.74, 6) is -0.236. The molecule has 0 aliphatic rings. The van der Waals surface area contributed by atoms with Crippen LogP contribution in [0, 0.1) is 0 Å². The van der Waals surface area contributed by atoms with E-state index in [0.717, 1.165) is 0 Å². The van der Waals surface area contributed by atoms with Gasteiger partial charge in [-0.1, -0.05) is 29.8 Å². The number of rotatable bonds is 6. The van der Waals surface area contributed by atoms with Crippen LogP contribution in [-0.2, 0) is 20.7 Å². The third-order valence-corrected chi connectivity index (χ3v) is 3.70. The number of anilines is 1. The molecule has 0 radical (unpaired) electrons. The van der Waals surface area contributed by atoms with E-state index in [4.69, 9.17) is 21.1 Å². The second-order valence-corrected chi connectivity index (χ2v) is 5.53. The lowest BCUT2D eigenvalue weighted by Crippen LogP contribution is -2.30. The summed E-state index contributed by atoms with van der Waals surface area (Å²) in [4.78, 5) is 24.0. The third-order valence-electron chi connectivity index (χ3n) is 3.33. The first-order chi connectivity index (χ1) is 11.5. The summed E-state index contributed by atoms with van der Waals surface area (Å²) in [5, 5.41) is 3.17. The first kappa shape index (κ1) is 17.8. The van der Waals surface area contributed by atoms with Crippen molar-refractivity contribution in [2.75, 3.05) is 12.4 Å². The Labute approximate surface area is 145 Å². The van der Waals surface area contributed by atoms with E-state index in [1.54, 1.807) is 55.6 Å². The predicted octanol–water partition coefficient (Wildman–Crippen LogP) is 3.46. The number of amides is 1. The Kier molecular flexibility index (Phi) is 6.21. The van der Waals surface area contributed by atoms with Crippen molar-refractivity contribution in [1.82, 2.24) is 0 Å². The quantitative estimate of drug-likeness (QED) is 0.813. The van der Waals surface area contributed by atoms with Crippen LogP contribution in [0.1, 0.15) is 12.5 Å². The van der Waals surface area contributed by atoms with Crippen molar-refractivity contribution in [3.8, 4) is 5.75 Å². The molecule has 2 rings (SSSR count). The van der Waals surface area contributed by atoms with Crippen molar-refractivity contribution in [1.29, 1.82) is 0 Å². The molecule has 1 amide bonds. The maximum absolute atomic E-state index is 12.1. The molecule has 0 aromatic heterocycles. The molecule has 2 aromatic carbocycles. The molecule has 0 spiro atoms. The van der Waals surface area contributed by atoms with E-state index in [9.17, 15) is 9.59 Å². The third kappa shape index (κ3) is 4.99. The topological polar surface area (TPSA) is 64.6 Å². The first-order valence-electron chi connectivity index (χ1n) is 7.37. The molecule has 0 saturated carbocycles. The van der Waals surface area contributed by atoms with Crippen molar-refractivity contribution in [2.45, 2.75) is 19.4 Å². The van der Waals surface area contributed by atoms with Crippen molar-refractivity contribution < 1.29 is 19.1 Å². The molecule has 0 aliphatic carbocycles. The number of nitrogens with one attached hydrogen (secondary N) is 1. The molecule has 0 heterocycles. The highest BCUT2D eigenvalue weighted by Crippen LogP contribution is 2.17. The standard InChI is InChI=1S/C18H18ClNO4/c1-12(18(22)20-14-7-9-15(23-2)10-8-14)24-17(21)11-13-5-3-4-6-16(13)19/h3-10,12H,11H2,1-2H3,(H,20,22)/t12-/m1/s1. The Morgan fingerprint density at radius 3 is 2.42 bits per heavy atom. The summed E-state index contributed by atoms with van der Waals surface area (Å²) in [6, 6.07) is 13.9. The van der Waals surface area contributed by atoms with Gasteiger partial charge in [0.1, 0.15) is 5.75 Å². The summed E-state index contributed by atoms with van der Waals surface area (Å²) < 4.78 is 10.2. The van der Waals surface area contributed by atoms with Gasteiger partial charge in [-0.05, 0) is 42.8 Å². The van der Waals surface area contributed by atoms with Crippen molar-refractivity contribution in [3.63, 3.8) is 0 Å². The maximum atomic E-state index is 12.1. The van der Waals surface area contributed by atoms with E-state index in [-0.39, 0.29) is 6.42 Å². The monoisotopic (exact) mass is 347 g/mol. The van der Waals surface area contributed by atoms with Crippen LogP contribution in [0.2, 0.25) is 5.02 Å². The average Bonchev–Trinajstić information content (AvgIpc) is 2.57. The number of benzene rings is 2. The van der Waals surface area contributed by atoms with Crippen LogP contribution in [0.25, 0.3) is 0 Å². The highest BCUT2D eigenvalue weighted by Gasteiger charge is 2.18. The molecule has 2 aromatic rings. The Morgan fingerprint density at radius 2 is 1.79 bits per heavy atom. The number of carbonyl (C=O) groups excluding carboxylic acids is 2. The molecule has 1 atom stereocenters. The van der Waals surface area contributed by atoms with Gasteiger partial charge in [0.15, 0.2) is 6.10 Å². The summed E-state index contributed by atoms with van der Waals surface area (Å²) >= 11 is 6.00. The zero-order valence-corrected chi connectivity index (χ0v) is 14.2. The molecule has 5 nitrogen and oxygen atoms in total. The Hall–Kier alpha value is -2.53. The van der Waals surface area contributed by atoms with Crippen LogP contribution in [0.4, 0.5) is 5.69 Å². The van der Waals surface area contributed by atoms with Crippen LogP contribution >= 0.6 is 11.6 Å². The molecular weight excluding hydrogens is 330 g/mol. The lowest BCUT2D eigenvalue weighted by molar-refractivity contribution is -0.152. The zero-order valence-electron chi connectivity index (χ0n) is 13.4. The van der Waals surface area contributed by atoms with Gasteiger partial charge in [-0.2, -0.15) is 0 Å². The van der Waals surface area contributed by atoms with Crippen molar-refractivity contribution in [2.24, 2.45) is 0 Å². The largest absolute Gasteiger partial charge is 0.497 e. The fourth-order valence-corrected chi connectivity index (χ4v) is 2.21. The molecule has 0 aliphatic heterocycles. The second kappa shape index (κ2) is 8.36. The minimum Gasteiger partial charge on any atom is -0.497 e. The van der Waals surface area contributed by atoms with Crippen LogP contribution in [0.15, 0.2) is 48.5 Å². The highest BCUT2D eigenvalue weighted by atomic mass is 35.5. The number of hydrogen-bond donors (Lipinski definition) is 1. The van der Waals surface area contributed by atoms with E-state index in [1.807, 2.05) is 0 Å². The van der Waals surface area contributed by atoms with Gasteiger partial charge in [-0.15, -0.1) is 0 Å². The second-order valence-electron chi connectivity index (χ2n) is 5.12.